The van der Waals surface area contributed by atoms with Crippen LogP contribution in [0.2, 0.25) is 0 Å². The normalized spacial score (nSPS) is 15.5. The van der Waals surface area contributed by atoms with E-state index in [4.69, 9.17) is 4.74 Å². The van der Waals surface area contributed by atoms with Gasteiger partial charge in [0.1, 0.15) is 5.75 Å². The van der Waals surface area contributed by atoms with Crippen molar-refractivity contribution in [3.63, 3.8) is 0 Å². The average molecular weight is 315 g/mol. The van der Waals surface area contributed by atoms with Gasteiger partial charge < -0.3 is 10.1 Å². The van der Waals surface area contributed by atoms with Crippen LogP contribution in [0, 0.1) is 0 Å². The Hall–Kier alpha value is -2.41. The topological polar surface area (TPSA) is 80.3 Å². The summed E-state index contributed by atoms with van der Waals surface area (Å²) in [6.07, 6.45) is 3.19. The van der Waals surface area contributed by atoms with Crippen LogP contribution in [0.3, 0.4) is 0 Å². The van der Waals surface area contributed by atoms with Gasteiger partial charge in [-0.1, -0.05) is 0 Å². The smallest absolute Gasteiger partial charge is 0.262 e. The summed E-state index contributed by atoms with van der Waals surface area (Å²) < 4.78 is 5.32. The number of benzene rings is 1. The minimum atomic E-state index is -0.226. The Labute approximate surface area is 130 Å². The van der Waals surface area contributed by atoms with Crippen molar-refractivity contribution in [1.82, 2.24) is 4.98 Å². The number of rotatable bonds is 2. The van der Waals surface area contributed by atoms with Gasteiger partial charge in [-0.2, -0.15) is 0 Å². The minimum Gasteiger partial charge on any atom is -0.482 e. The molecule has 112 valence electrons. The van der Waals surface area contributed by atoms with Crippen LogP contribution >= 0.6 is 11.3 Å². The van der Waals surface area contributed by atoms with Gasteiger partial charge in [0, 0.05) is 10.4 Å². The number of aryl methyl sites for hydroxylation is 2. The Morgan fingerprint density at radius 3 is 3.14 bits per heavy atom. The highest BCUT2D eigenvalue weighted by Gasteiger charge is 2.20. The molecule has 6 nitrogen and oxygen atoms in total. The molecule has 0 unspecified atom stereocenters. The lowest BCUT2D eigenvalue weighted by molar-refractivity contribution is -0.118. The third-order valence-corrected chi connectivity index (χ3v) is 4.77. The third-order valence-electron chi connectivity index (χ3n) is 3.69. The van der Waals surface area contributed by atoms with Gasteiger partial charge in [-0.25, -0.2) is 4.98 Å². The van der Waals surface area contributed by atoms with Gasteiger partial charge in [0.2, 0.25) is 0 Å². The summed E-state index contributed by atoms with van der Waals surface area (Å²) in [6, 6.07) is 4.96. The van der Waals surface area contributed by atoms with Crippen molar-refractivity contribution in [1.29, 1.82) is 0 Å². The first-order valence-corrected chi connectivity index (χ1v) is 7.87. The fourth-order valence-corrected chi connectivity index (χ4v) is 3.67. The predicted octanol–water partition coefficient (Wildman–Crippen LogP) is 2.21. The molecule has 7 heteroatoms. The first-order valence-electron chi connectivity index (χ1n) is 7.06. The highest BCUT2D eigenvalue weighted by Crippen LogP contribution is 2.32. The molecule has 0 spiro atoms. The molecule has 1 aromatic heterocycles. The highest BCUT2D eigenvalue weighted by atomic mass is 32.1. The molecular formula is C15H13N3O3S. The Kier molecular flexibility index (Phi) is 3.07. The number of hydrogen-bond acceptors (Lipinski definition) is 5. The molecule has 0 saturated carbocycles. The first kappa shape index (κ1) is 13.3. The van der Waals surface area contributed by atoms with E-state index in [1.807, 2.05) is 0 Å². The molecule has 1 aliphatic carbocycles. The fourth-order valence-electron chi connectivity index (χ4n) is 2.63. The number of ether oxygens (including phenoxy) is 1. The molecule has 4 rings (SSSR count). The van der Waals surface area contributed by atoms with Gasteiger partial charge in [-0.05, 0) is 37.5 Å². The number of aromatic nitrogens is 1. The summed E-state index contributed by atoms with van der Waals surface area (Å²) in [5, 5.41) is 6.16. The molecule has 0 saturated heterocycles. The lowest BCUT2D eigenvalue weighted by Crippen LogP contribution is -2.25. The van der Waals surface area contributed by atoms with Gasteiger partial charge in [0.15, 0.2) is 11.7 Å². The van der Waals surface area contributed by atoms with Crippen LogP contribution in [-0.2, 0) is 17.6 Å². The number of carbonyl (C=O) groups excluding carboxylic acids is 2. The predicted molar refractivity (Wildman–Crippen MR) is 82.7 cm³/mol. The Bertz CT molecular complexity index is 763. The highest BCUT2D eigenvalue weighted by molar-refractivity contribution is 7.16. The van der Waals surface area contributed by atoms with Crippen LogP contribution in [-0.4, -0.2) is 23.4 Å². The molecule has 0 atom stereocenters. The zero-order valence-electron chi connectivity index (χ0n) is 11.6. The molecule has 1 aliphatic heterocycles. The van der Waals surface area contributed by atoms with Crippen LogP contribution in [0.1, 0.15) is 27.3 Å². The number of hydrogen-bond donors (Lipinski definition) is 2. The molecule has 0 bridgehead atoms. The van der Waals surface area contributed by atoms with E-state index in [-0.39, 0.29) is 18.4 Å². The zero-order valence-corrected chi connectivity index (χ0v) is 12.5. The summed E-state index contributed by atoms with van der Waals surface area (Å²) in [6.45, 7) is -0.0305. The lowest BCUT2D eigenvalue weighted by atomic mass is 10.1. The molecule has 2 aliphatic rings. The van der Waals surface area contributed by atoms with Crippen molar-refractivity contribution >= 4 is 34.0 Å². The summed E-state index contributed by atoms with van der Waals surface area (Å²) in [4.78, 5) is 29.3. The molecular weight excluding hydrogens is 302 g/mol. The van der Waals surface area contributed by atoms with Crippen molar-refractivity contribution in [3.05, 3.63) is 34.3 Å². The first-order chi connectivity index (χ1) is 10.7. The molecule has 2 heterocycles. The Morgan fingerprint density at radius 2 is 2.27 bits per heavy atom. The van der Waals surface area contributed by atoms with Gasteiger partial charge in [0.05, 0.1) is 11.4 Å². The summed E-state index contributed by atoms with van der Waals surface area (Å²) in [5.41, 5.74) is 2.17. The van der Waals surface area contributed by atoms with Crippen LogP contribution in [0.25, 0.3) is 0 Å². The second-order valence-electron chi connectivity index (χ2n) is 5.24. The van der Waals surface area contributed by atoms with Crippen molar-refractivity contribution in [3.8, 4) is 5.75 Å². The Balaban J connectivity index is 1.53. The second kappa shape index (κ2) is 5.10. The largest absolute Gasteiger partial charge is 0.482 e. The maximum absolute atomic E-state index is 12.3. The van der Waals surface area contributed by atoms with Crippen LogP contribution in [0.4, 0.5) is 10.8 Å². The van der Waals surface area contributed by atoms with E-state index in [9.17, 15) is 9.59 Å². The van der Waals surface area contributed by atoms with Crippen LogP contribution in [0.15, 0.2) is 18.2 Å². The van der Waals surface area contributed by atoms with Crippen molar-refractivity contribution in [2.45, 2.75) is 19.3 Å². The second-order valence-corrected chi connectivity index (χ2v) is 6.33. The quantitative estimate of drug-likeness (QED) is 0.890. The van der Waals surface area contributed by atoms with E-state index in [0.29, 0.717) is 22.1 Å². The van der Waals surface area contributed by atoms with E-state index >= 15 is 0 Å². The number of thiazole rings is 1. The van der Waals surface area contributed by atoms with E-state index < -0.39 is 0 Å². The summed E-state index contributed by atoms with van der Waals surface area (Å²) in [5.74, 6) is 0.0895. The number of amides is 2. The molecule has 1 aromatic carbocycles. The van der Waals surface area contributed by atoms with Crippen LogP contribution in [0.5, 0.6) is 5.75 Å². The van der Waals surface area contributed by atoms with Crippen molar-refractivity contribution in [2.75, 3.05) is 17.2 Å². The van der Waals surface area contributed by atoms with E-state index in [2.05, 4.69) is 15.6 Å². The summed E-state index contributed by atoms with van der Waals surface area (Å²) in [7, 11) is 0. The Morgan fingerprint density at radius 1 is 1.36 bits per heavy atom. The monoisotopic (exact) mass is 315 g/mol. The van der Waals surface area contributed by atoms with E-state index in [1.165, 1.54) is 4.88 Å². The molecule has 2 amide bonds. The molecule has 22 heavy (non-hydrogen) atoms. The number of nitrogens with zero attached hydrogens (tertiary/aromatic N) is 1. The molecule has 0 radical (unpaired) electrons. The third kappa shape index (κ3) is 2.33. The molecule has 2 N–H and O–H groups in total. The standard InChI is InChI=1S/C15H13N3O3S/c19-13-7-21-11-6-8(4-5-9(11)16-13)14(20)18-15-17-10-2-1-3-12(10)22-15/h4-6H,1-3,7H2,(H,16,19)(H,17,18,20). The SMILES string of the molecule is O=C1COc2cc(C(=O)Nc3nc4c(s3)CCC4)ccc2N1. The van der Waals surface area contributed by atoms with Gasteiger partial charge in [0.25, 0.3) is 11.8 Å². The minimum absolute atomic E-state index is 0.0305. The number of nitrogens with one attached hydrogen (secondary N) is 2. The van der Waals surface area contributed by atoms with Gasteiger partial charge >= 0.3 is 0 Å². The van der Waals surface area contributed by atoms with Gasteiger partial charge in [-0.3, -0.25) is 14.9 Å². The van der Waals surface area contributed by atoms with Gasteiger partial charge in [-0.15, -0.1) is 11.3 Å². The van der Waals surface area contributed by atoms with Crippen molar-refractivity contribution < 1.29 is 14.3 Å². The molecule has 0 fully saturated rings. The number of carbonyl (C=O) groups is 2. The van der Waals surface area contributed by atoms with E-state index in [1.54, 1.807) is 29.5 Å². The maximum Gasteiger partial charge on any atom is 0.262 e. The van der Waals surface area contributed by atoms with E-state index in [0.717, 1.165) is 25.0 Å². The maximum atomic E-state index is 12.3. The van der Waals surface area contributed by atoms with Crippen molar-refractivity contribution in [2.24, 2.45) is 0 Å². The molecule has 2 aromatic rings. The number of anilines is 2. The summed E-state index contributed by atoms with van der Waals surface area (Å²) >= 11 is 1.54. The van der Waals surface area contributed by atoms with Crippen LogP contribution < -0.4 is 15.4 Å². The fraction of sp³-hybridized carbons (Fsp3) is 0.267. The average Bonchev–Trinajstić information content (AvgIpc) is 3.07. The lowest BCUT2D eigenvalue weighted by Gasteiger charge is -2.18. The number of fused-ring (bicyclic) bond motifs is 2. The zero-order chi connectivity index (χ0) is 15.1.